The molecule has 0 fully saturated rings. The molecular weight excluding hydrogens is 762 g/mol. The van der Waals surface area contributed by atoms with E-state index in [0.29, 0.717) is 17.5 Å². The van der Waals surface area contributed by atoms with Crippen LogP contribution < -0.4 is 4.74 Å². The number of carbonyl (C=O) groups excluding carboxylic acids is 6. The van der Waals surface area contributed by atoms with Crippen LogP contribution in [0, 0.1) is 17.0 Å². The van der Waals surface area contributed by atoms with Crippen LogP contribution in [0.1, 0.15) is 84.3 Å². The highest BCUT2D eigenvalue weighted by Gasteiger charge is 2.39. The standard InChI is InChI=1S/C43H54F2O13/c1-8-11-12-13-14-16-30-21-33(44)36(34(45)22-30)32-18-19-35(31(23-32)17-15-20-54-37(46)28(4)5)55-24-43(25-56-38(47)29(6)7,26-57-41(50)39(48)52-9-2)27-58-42(51)40(49)53-10-3/h18-19,21-23H,4,6,8-17,20,24-27H2,1-3,5,7H3. The molecule has 0 saturated heterocycles. The smallest absolute Gasteiger partial charge is 0.417 e. The summed E-state index contributed by atoms with van der Waals surface area (Å²) < 4.78 is 67.8. The largest absolute Gasteiger partial charge is 0.492 e. The molecule has 2 aromatic carbocycles. The Morgan fingerprint density at radius 2 is 1.09 bits per heavy atom. The van der Waals surface area contributed by atoms with E-state index in [-0.39, 0.29) is 60.7 Å². The van der Waals surface area contributed by atoms with Gasteiger partial charge >= 0.3 is 35.8 Å². The minimum atomic E-state index is -1.78. The van der Waals surface area contributed by atoms with Crippen molar-refractivity contribution in [3.05, 3.63) is 77.4 Å². The Hall–Kier alpha value is -5.60. The fraction of sp³-hybridized carbons (Fsp3) is 0.488. The average Bonchev–Trinajstić information content (AvgIpc) is 3.18. The number of ether oxygens (including phenoxy) is 7. The number of hydrogen-bond donors (Lipinski definition) is 0. The molecule has 13 nitrogen and oxygen atoms in total. The molecule has 0 bridgehead atoms. The van der Waals surface area contributed by atoms with Gasteiger partial charge in [-0.05, 0) is 94.3 Å². The summed E-state index contributed by atoms with van der Waals surface area (Å²) in [7, 11) is 0. The van der Waals surface area contributed by atoms with Gasteiger partial charge in [-0.2, -0.15) is 0 Å². The van der Waals surface area contributed by atoms with Gasteiger partial charge in [0.15, 0.2) is 0 Å². The molecule has 15 heteroatoms. The molecule has 0 heterocycles. The Balaban J connectivity index is 2.58. The van der Waals surface area contributed by atoms with Crippen molar-refractivity contribution in [2.24, 2.45) is 5.41 Å². The van der Waals surface area contributed by atoms with E-state index in [9.17, 15) is 28.8 Å². The van der Waals surface area contributed by atoms with E-state index >= 15 is 8.78 Å². The SMILES string of the molecule is C=C(C)C(=O)OCCCc1cc(-c2c(F)cc(CCCCCCC)cc2F)ccc1OCC(COC(=O)C(=C)C)(COC(=O)C(=O)OCC)COC(=O)C(=O)OCC. The molecule has 0 aromatic heterocycles. The monoisotopic (exact) mass is 816 g/mol. The first kappa shape index (κ1) is 48.5. The summed E-state index contributed by atoms with van der Waals surface area (Å²) in [6.45, 7) is 11.9. The fourth-order valence-electron chi connectivity index (χ4n) is 5.36. The molecule has 0 amide bonds. The first-order chi connectivity index (χ1) is 27.6. The van der Waals surface area contributed by atoms with Gasteiger partial charge < -0.3 is 33.2 Å². The predicted octanol–water partition coefficient (Wildman–Crippen LogP) is 6.89. The van der Waals surface area contributed by atoms with Crippen molar-refractivity contribution in [1.29, 1.82) is 0 Å². The van der Waals surface area contributed by atoms with Crippen LogP contribution in [0.15, 0.2) is 54.6 Å². The van der Waals surface area contributed by atoms with Crippen molar-refractivity contribution < 1.29 is 70.7 Å². The fourth-order valence-corrected chi connectivity index (χ4v) is 5.36. The molecule has 0 spiro atoms. The minimum absolute atomic E-state index is 0.00782. The van der Waals surface area contributed by atoms with E-state index in [0.717, 1.165) is 32.1 Å². The third kappa shape index (κ3) is 16.1. The summed E-state index contributed by atoms with van der Waals surface area (Å²) in [4.78, 5) is 73.8. The van der Waals surface area contributed by atoms with Crippen LogP contribution in [0.25, 0.3) is 11.1 Å². The first-order valence-corrected chi connectivity index (χ1v) is 19.1. The van der Waals surface area contributed by atoms with Crippen molar-refractivity contribution in [1.82, 2.24) is 0 Å². The molecule has 318 valence electrons. The molecule has 0 radical (unpaired) electrons. The number of aryl methyl sites for hydroxylation is 2. The summed E-state index contributed by atoms with van der Waals surface area (Å²) in [5.74, 6) is -8.38. The lowest BCUT2D eigenvalue weighted by Crippen LogP contribution is -2.45. The third-order valence-electron chi connectivity index (χ3n) is 8.49. The molecular formula is C43H54F2O13. The molecule has 0 N–H and O–H groups in total. The highest BCUT2D eigenvalue weighted by Crippen LogP contribution is 2.34. The summed E-state index contributed by atoms with van der Waals surface area (Å²) in [5, 5.41) is 0. The lowest BCUT2D eigenvalue weighted by atomic mass is 9.91. The van der Waals surface area contributed by atoms with Crippen LogP contribution in [0.3, 0.4) is 0 Å². The second kappa shape index (κ2) is 24.9. The highest BCUT2D eigenvalue weighted by molar-refractivity contribution is 6.30. The second-order valence-corrected chi connectivity index (χ2v) is 13.7. The van der Waals surface area contributed by atoms with E-state index in [1.165, 1.54) is 58.0 Å². The number of esters is 6. The molecule has 0 saturated carbocycles. The van der Waals surface area contributed by atoms with Crippen LogP contribution in [0.4, 0.5) is 8.78 Å². The number of rotatable bonds is 24. The highest BCUT2D eigenvalue weighted by atomic mass is 19.1. The molecule has 2 rings (SSSR count). The Bertz CT molecular complexity index is 1730. The van der Waals surface area contributed by atoms with Gasteiger partial charge in [0.05, 0.1) is 25.4 Å². The normalized spacial score (nSPS) is 10.9. The maximum atomic E-state index is 15.6. The summed E-state index contributed by atoms with van der Waals surface area (Å²) in [6, 6.07) is 7.00. The molecule has 58 heavy (non-hydrogen) atoms. The maximum Gasteiger partial charge on any atom is 0.417 e. The van der Waals surface area contributed by atoms with E-state index in [1.54, 1.807) is 0 Å². The van der Waals surface area contributed by atoms with Gasteiger partial charge in [0.1, 0.15) is 49.2 Å². The van der Waals surface area contributed by atoms with Gasteiger partial charge in [0, 0.05) is 11.1 Å². The zero-order valence-electron chi connectivity index (χ0n) is 34.0. The summed E-state index contributed by atoms with van der Waals surface area (Å²) in [5.41, 5.74) is -0.766. The number of halogens is 2. The molecule has 2 aromatic rings. The Labute approximate surface area is 338 Å². The average molecular weight is 817 g/mol. The van der Waals surface area contributed by atoms with Crippen LogP contribution >= 0.6 is 0 Å². The Morgan fingerprint density at radius 3 is 1.60 bits per heavy atom. The van der Waals surface area contributed by atoms with E-state index < -0.39 is 79.3 Å². The van der Waals surface area contributed by atoms with Crippen molar-refractivity contribution in [3.8, 4) is 16.9 Å². The quantitative estimate of drug-likeness (QED) is 0.0354. The topological polar surface area (TPSA) is 167 Å². The number of hydrogen-bond acceptors (Lipinski definition) is 13. The first-order valence-electron chi connectivity index (χ1n) is 19.1. The van der Waals surface area contributed by atoms with Crippen molar-refractivity contribution in [2.45, 2.75) is 86.0 Å². The van der Waals surface area contributed by atoms with E-state index in [4.69, 9.17) is 33.2 Å². The molecule has 0 aliphatic carbocycles. The van der Waals surface area contributed by atoms with Gasteiger partial charge in [0.2, 0.25) is 0 Å². The lowest BCUT2D eigenvalue weighted by Gasteiger charge is -2.32. The van der Waals surface area contributed by atoms with E-state index in [2.05, 4.69) is 20.1 Å². The van der Waals surface area contributed by atoms with Crippen molar-refractivity contribution >= 4 is 35.8 Å². The maximum absolute atomic E-state index is 15.6. The van der Waals surface area contributed by atoms with Crippen LogP contribution in [-0.2, 0) is 70.0 Å². The lowest BCUT2D eigenvalue weighted by molar-refractivity contribution is -0.178. The van der Waals surface area contributed by atoms with Gasteiger partial charge in [-0.1, -0.05) is 51.8 Å². The Morgan fingerprint density at radius 1 is 0.586 bits per heavy atom. The van der Waals surface area contributed by atoms with Crippen molar-refractivity contribution in [2.75, 3.05) is 46.2 Å². The van der Waals surface area contributed by atoms with Crippen molar-refractivity contribution in [3.63, 3.8) is 0 Å². The zero-order valence-corrected chi connectivity index (χ0v) is 34.0. The number of carbonyl (C=O) groups is 6. The Kier molecular flexibility index (Phi) is 20.8. The second-order valence-electron chi connectivity index (χ2n) is 13.7. The zero-order chi connectivity index (χ0) is 43.3. The number of benzene rings is 2. The van der Waals surface area contributed by atoms with Crippen LogP contribution in [-0.4, -0.2) is 82.1 Å². The molecule has 0 aliphatic heterocycles. The molecule has 0 unspecified atom stereocenters. The molecule has 0 atom stereocenters. The van der Waals surface area contributed by atoms with Crippen LogP contribution in [0.2, 0.25) is 0 Å². The third-order valence-corrected chi connectivity index (χ3v) is 8.49. The summed E-state index contributed by atoms with van der Waals surface area (Å²) in [6.07, 6.45) is 5.86. The van der Waals surface area contributed by atoms with Gasteiger partial charge in [0.25, 0.3) is 0 Å². The summed E-state index contributed by atoms with van der Waals surface area (Å²) >= 11 is 0. The number of unbranched alkanes of at least 4 members (excludes halogenated alkanes) is 4. The van der Waals surface area contributed by atoms with Gasteiger partial charge in [-0.3, -0.25) is 0 Å². The van der Waals surface area contributed by atoms with E-state index in [1.807, 2.05) is 0 Å². The van der Waals surface area contributed by atoms with Gasteiger partial charge in [-0.25, -0.2) is 37.5 Å². The van der Waals surface area contributed by atoms with Gasteiger partial charge in [-0.15, -0.1) is 0 Å². The predicted molar refractivity (Wildman–Crippen MR) is 207 cm³/mol. The minimum Gasteiger partial charge on any atom is -0.492 e. The molecule has 0 aliphatic rings. The van der Waals surface area contributed by atoms with Crippen LogP contribution in [0.5, 0.6) is 5.75 Å².